The summed E-state index contributed by atoms with van der Waals surface area (Å²) in [4.78, 5) is 0. The van der Waals surface area contributed by atoms with Crippen molar-refractivity contribution in [1.82, 2.24) is 0 Å². The number of benzene rings is 1. The van der Waals surface area contributed by atoms with Crippen LogP contribution >= 0.6 is 0 Å². The lowest BCUT2D eigenvalue weighted by atomic mass is 9.99. The minimum Gasteiger partial charge on any atom is -0.324 e. The Bertz CT molecular complexity index is 306. The zero-order valence-corrected chi connectivity index (χ0v) is 7.81. The van der Waals surface area contributed by atoms with E-state index in [9.17, 15) is 13.2 Å². The van der Waals surface area contributed by atoms with E-state index in [0.717, 1.165) is 5.56 Å². The number of nitrogens with two attached hydrogens (primary N) is 1. The maximum absolute atomic E-state index is 12.0. The van der Waals surface area contributed by atoms with Crippen molar-refractivity contribution in [2.45, 2.75) is 25.6 Å². The summed E-state index contributed by atoms with van der Waals surface area (Å²) in [5.74, 6) is 0. The molecule has 0 aromatic heterocycles. The van der Waals surface area contributed by atoms with Crippen molar-refractivity contribution in [1.29, 1.82) is 0 Å². The molecular formula is C10H12F3N. The third kappa shape index (κ3) is 3.03. The Morgan fingerprint density at radius 3 is 2.36 bits per heavy atom. The first-order chi connectivity index (χ1) is 6.40. The van der Waals surface area contributed by atoms with Crippen molar-refractivity contribution in [2.75, 3.05) is 0 Å². The van der Waals surface area contributed by atoms with Crippen molar-refractivity contribution in [2.24, 2.45) is 5.73 Å². The molecule has 0 bridgehead atoms. The Morgan fingerprint density at radius 2 is 1.86 bits per heavy atom. The van der Waals surface area contributed by atoms with Gasteiger partial charge in [-0.2, -0.15) is 13.2 Å². The Balaban J connectivity index is 2.80. The number of aryl methyl sites for hydroxylation is 1. The molecule has 4 heteroatoms. The van der Waals surface area contributed by atoms with Gasteiger partial charge in [-0.25, -0.2) is 0 Å². The predicted octanol–water partition coefficient (Wildman–Crippen LogP) is 2.95. The van der Waals surface area contributed by atoms with Crippen molar-refractivity contribution >= 4 is 0 Å². The highest BCUT2D eigenvalue weighted by molar-refractivity contribution is 5.28. The lowest BCUT2D eigenvalue weighted by Gasteiger charge is -2.16. The summed E-state index contributed by atoms with van der Waals surface area (Å²) in [6.07, 6.45) is -5.18. The van der Waals surface area contributed by atoms with Gasteiger partial charge >= 0.3 is 6.18 Å². The molecule has 1 aromatic rings. The zero-order chi connectivity index (χ0) is 10.8. The first kappa shape index (κ1) is 11.0. The number of hydrogen-bond donors (Lipinski definition) is 1. The summed E-state index contributed by atoms with van der Waals surface area (Å²) in [5, 5.41) is 0. The van der Waals surface area contributed by atoms with Crippen LogP contribution in [0.1, 0.15) is 23.6 Å². The van der Waals surface area contributed by atoms with Gasteiger partial charge in [0.2, 0.25) is 0 Å². The molecule has 14 heavy (non-hydrogen) atoms. The van der Waals surface area contributed by atoms with Gasteiger partial charge < -0.3 is 5.73 Å². The van der Waals surface area contributed by atoms with Crippen LogP contribution in [0.4, 0.5) is 13.2 Å². The molecule has 1 rings (SSSR count). The normalized spacial score (nSPS) is 14.1. The van der Waals surface area contributed by atoms with Gasteiger partial charge in [0.25, 0.3) is 0 Å². The van der Waals surface area contributed by atoms with Gasteiger partial charge in [0.1, 0.15) is 0 Å². The summed E-state index contributed by atoms with van der Waals surface area (Å²) in [6.45, 7) is 1.76. The van der Waals surface area contributed by atoms with Crippen LogP contribution in [0, 0.1) is 6.92 Å². The predicted molar refractivity (Wildman–Crippen MR) is 48.8 cm³/mol. The van der Waals surface area contributed by atoms with Gasteiger partial charge in [-0.05, 0) is 18.1 Å². The second kappa shape index (κ2) is 4.00. The number of halogens is 3. The van der Waals surface area contributed by atoms with Gasteiger partial charge in [-0.15, -0.1) is 0 Å². The monoisotopic (exact) mass is 203 g/mol. The van der Waals surface area contributed by atoms with Gasteiger partial charge in [-0.1, -0.05) is 24.3 Å². The first-order valence-electron chi connectivity index (χ1n) is 4.28. The fraction of sp³-hybridized carbons (Fsp3) is 0.400. The van der Waals surface area contributed by atoms with Crippen molar-refractivity contribution in [3.8, 4) is 0 Å². The molecule has 0 aliphatic rings. The standard InChI is InChI=1S/C10H12F3N/c1-7-4-2-3-5-8(7)9(14)6-10(11,12)13/h2-5,9H,6,14H2,1H3/t9-/m1/s1. The lowest BCUT2D eigenvalue weighted by Crippen LogP contribution is -2.20. The molecule has 2 N–H and O–H groups in total. The Kier molecular flexibility index (Phi) is 3.16. The highest BCUT2D eigenvalue weighted by Gasteiger charge is 2.31. The van der Waals surface area contributed by atoms with Crippen molar-refractivity contribution in [3.05, 3.63) is 35.4 Å². The van der Waals surface area contributed by atoms with E-state index in [2.05, 4.69) is 0 Å². The molecule has 78 valence electrons. The van der Waals surface area contributed by atoms with Crippen LogP contribution in [0.2, 0.25) is 0 Å². The molecule has 0 fully saturated rings. The van der Waals surface area contributed by atoms with E-state index >= 15 is 0 Å². The number of hydrogen-bond acceptors (Lipinski definition) is 1. The van der Waals surface area contributed by atoms with E-state index in [0.29, 0.717) is 5.56 Å². The van der Waals surface area contributed by atoms with Gasteiger partial charge in [0.05, 0.1) is 6.42 Å². The SMILES string of the molecule is Cc1ccccc1[C@H](N)CC(F)(F)F. The molecular weight excluding hydrogens is 191 g/mol. The Hall–Kier alpha value is -1.03. The molecule has 0 saturated carbocycles. The molecule has 0 heterocycles. The maximum atomic E-state index is 12.0. The summed E-state index contributed by atoms with van der Waals surface area (Å²) in [7, 11) is 0. The third-order valence-electron chi connectivity index (χ3n) is 2.04. The molecule has 0 spiro atoms. The molecule has 1 nitrogen and oxygen atoms in total. The highest BCUT2D eigenvalue weighted by atomic mass is 19.4. The van der Waals surface area contributed by atoms with Crippen LogP contribution in [0.5, 0.6) is 0 Å². The Morgan fingerprint density at radius 1 is 1.29 bits per heavy atom. The largest absolute Gasteiger partial charge is 0.390 e. The van der Waals surface area contributed by atoms with Crippen LogP contribution in [-0.2, 0) is 0 Å². The van der Waals surface area contributed by atoms with Crippen molar-refractivity contribution < 1.29 is 13.2 Å². The van der Waals surface area contributed by atoms with Gasteiger partial charge in [-0.3, -0.25) is 0 Å². The van der Waals surface area contributed by atoms with E-state index in [1.807, 2.05) is 0 Å². The minimum atomic E-state index is -4.21. The average molecular weight is 203 g/mol. The van der Waals surface area contributed by atoms with E-state index < -0.39 is 18.6 Å². The average Bonchev–Trinajstić information content (AvgIpc) is 2.01. The second-order valence-corrected chi connectivity index (χ2v) is 3.28. The zero-order valence-electron chi connectivity index (χ0n) is 7.81. The highest BCUT2D eigenvalue weighted by Crippen LogP contribution is 2.28. The smallest absolute Gasteiger partial charge is 0.324 e. The van der Waals surface area contributed by atoms with Gasteiger partial charge in [0, 0.05) is 6.04 Å². The molecule has 0 unspecified atom stereocenters. The molecule has 0 amide bonds. The first-order valence-corrected chi connectivity index (χ1v) is 4.28. The second-order valence-electron chi connectivity index (χ2n) is 3.28. The summed E-state index contributed by atoms with van der Waals surface area (Å²) < 4.78 is 36.1. The minimum absolute atomic E-state index is 0.560. The van der Waals surface area contributed by atoms with E-state index in [-0.39, 0.29) is 0 Å². The summed E-state index contributed by atoms with van der Waals surface area (Å²) in [5.41, 5.74) is 6.82. The third-order valence-corrected chi connectivity index (χ3v) is 2.04. The van der Waals surface area contributed by atoms with Crippen LogP contribution < -0.4 is 5.73 Å². The van der Waals surface area contributed by atoms with E-state index in [1.165, 1.54) is 0 Å². The Labute approximate surface area is 80.7 Å². The lowest BCUT2D eigenvalue weighted by molar-refractivity contribution is -0.138. The molecule has 0 radical (unpaired) electrons. The fourth-order valence-corrected chi connectivity index (χ4v) is 1.36. The topological polar surface area (TPSA) is 26.0 Å². The van der Waals surface area contributed by atoms with Crippen LogP contribution in [0.25, 0.3) is 0 Å². The molecule has 1 atom stereocenters. The maximum Gasteiger partial charge on any atom is 0.390 e. The van der Waals surface area contributed by atoms with Crippen molar-refractivity contribution in [3.63, 3.8) is 0 Å². The number of alkyl halides is 3. The number of rotatable bonds is 2. The van der Waals surface area contributed by atoms with Crippen LogP contribution in [-0.4, -0.2) is 6.18 Å². The molecule has 1 aromatic carbocycles. The summed E-state index contributed by atoms with van der Waals surface area (Å²) in [6, 6.07) is 5.89. The molecule has 0 aliphatic heterocycles. The molecule has 0 saturated heterocycles. The molecule has 0 aliphatic carbocycles. The van der Waals surface area contributed by atoms with E-state index in [1.54, 1.807) is 31.2 Å². The van der Waals surface area contributed by atoms with Crippen LogP contribution in [0.15, 0.2) is 24.3 Å². The van der Waals surface area contributed by atoms with Gasteiger partial charge in [0.15, 0.2) is 0 Å². The van der Waals surface area contributed by atoms with Crippen LogP contribution in [0.3, 0.4) is 0 Å². The fourth-order valence-electron chi connectivity index (χ4n) is 1.36. The quantitative estimate of drug-likeness (QED) is 0.785. The van der Waals surface area contributed by atoms with E-state index in [4.69, 9.17) is 5.73 Å². The summed E-state index contributed by atoms with van der Waals surface area (Å²) >= 11 is 0.